The Morgan fingerprint density at radius 3 is 2.73 bits per heavy atom. The molecule has 0 aliphatic carbocycles. The van der Waals surface area contributed by atoms with Crippen LogP contribution < -0.4 is 14.8 Å². The smallest absolute Gasteiger partial charge is 0.231 e. The minimum absolute atomic E-state index is 0.000812. The van der Waals surface area contributed by atoms with Crippen molar-refractivity contribution in [3.05, 3.63) is 47.4 Å². The number of benzene rings is 1. The number of hydrogen-bond acceptors (Lipinski definition) is 5. The Kier molecular flexibility index (Phi) is 4.36. The molecule has 2 heterocycles. The zero-order valence-corrected chi connectivity index (χ0v) is 13.1. The summed E-state index contributed by atoms with van der Waals surface area (Å²) in [6.07, 6.45) is 0. The van der Waals surface area contributed by atoms with Crippen molar-refractivity contribution in [2.45, 2.75) is 25.9 Å². The van der Waals surface area contributed by atoms with Crippen LogP contribution in [0.1, 0.15) is 36.1 Å². The Hall–Kier alpha value is -1.98. The molecule has 0 amide bonds. The maximum Gasteiger partial charge on any atom is 0.231 e. The van der Waals surface area contributed by atoms with E-state index >= 15 is 0 Å². The van der Waals surface area contributed by atoms with Gasteiger partial charge in [-0.05, 0) is 43.7 Å². The Labute approximate surface area is 130 Å². The van der Waals surface area contributed by atoms with Crippen LogP contribution >= 0.6 is 0 Å². The van der Waals surface area contributed by atoms with Gasteiger partial charge in [0.25, 0.3) is 0 Å². The lowest BCUT2D eigenvalue weighted by Gasteiger charge is -2.22. The van der Waals surface area contributed by atoms with Gasteiger partial charge in [-0.2, -0.15) is 0 Å². The van der Waals surface area contributed by atoms with Gasteiger partial charge in [0, 0.05) is 13.2 Å². The number of fused-ring (bicyclic) bond motifs is 1. The molecule has 5 heteroatoms. The molecule has 2 atom stereocenters. The molecule has 0 radical (unpaired) electrons. The number of nitrogens with one attached hydrogen (secondary N) is 1. The standard InChI is InChI=1S/C17H21NO4/c1-11-4-6-15(22-11)14(9-19-3)18-12(2)13-5-7-16-17(8-13)21-10-20-16/h4-8,12,14,18H,9-10H2,1-3H3/t12-,14+/m0/s1. The predicted molar refractivity (Wildman–Crippen MR) is 82.2 cm³/mol. The van der Waals surface area contributed by atoms with Gasteiger partial charge in [0.1, 0.15) is 11.5 Å². The second-order valence-corrected chi connectivity index (χ2v) is 5.46. The summed E-state index contributed by atoms with van der Waals surface area (Å²) in [7, 11) is 1.69. The lowest BCUT2D eigenvalue weighted by Crippen LogP contribution is -2.27. The maximum absolute atomic E-state index is 5.72. The van der Waals surface area contributed by atoms with Gasteiger partial charge in [0.05, 0.1) is 12.6 Å². The molecule has 1 aliphatic rings. The van der Waals surface area contributed by atoms with E-state index in [0.717, 1.165) is 28.6 Å². The third-order valence-electron chi connectivity index (χ3n) is 3.79. The van der Waals surface area contributed by atoms with Crippen molar-refractivity contribution in [2.24, 2.45) is 0 Å². The van der Waals surface area contributed by atoms with Crippen LogP contribution in [0, 0.1) is 6.92 Å². The van der Waals surface area contributed by atoms with E-state index in [1.54, 1.807) is 7.11 Å². The predicted octanol–water partition coefficient (Wildman–Crippen LogP) is 3.36. The van der Waals surface area contributed by atoms with Gasteiger partial charge in [-0.1, -0.05) is 6.07 Å². The van der Waals surface area contributed by atoms with E-state index in [2.05, 4.69) is 12.2 Å². The summed E-state index contributed by atoms with van der Waals surface area (Å²) in [5, 5.41) is 3.54. The van der Waals surface area contributed by atoms with Gasteiger partial charge in [0.15, 0.2) is 11.5 Å². The maximum atomic E-state index is 5.72. The Bertz CT molecular complexity index is 637. The molecule has 0 unspecified atom stereocenters. The summed E-state index contributed by atoms with van der Waals surface area (Å²) < 4.78 is 21.8. The molecule has 0 bridgehead atoms. The molecule has 3 rings (SSSR count). The summed E-state index contributed by atoms with van der Waals surface area (Å²) in [5.74, 6) is 3.37. The molecule has 1 aromatic heterocycles. The van der Waals surface area contributed by atoms with Crippen molar-refractivity contribution in [1.29, 1.82) is 0 Å². The Morgan fingerprint density at radius 1 is 1.18 bits per heavy atom. The molecular weight excluding hydrogens is 282 g/mol. The van der Waals surface area contributed by atoms with Crippen LogP contribution in [-0.2, 0) is 4.74 Å². The second-order valence-electron chi connectivity index (χ2n) is 5.46. The number of aryl methyl sites for hydroxylation is 1. The molecular formula is C17H21NO4. The molecule has 0 saturated carbocycles. The first-order chi connectivity index (χ1) is 10.7. The number of furan rings is 1. The van der Waals surface area contributed by atoms with Crippen LogP contribution in [0.5, 0.6) is 11.5 Å². The average Bonchev–Trinajstić information content (AvgIpc) is 3.14. The first-order valence-electron chi connectivity index (χ1n) is 7.38. The van der Waals surface area contributed by atoms with Crippen molar-refractivity contribution in [1.82, 2.24) is 5.32 Å². The topological polar surface area (TPSA) is 52.9 Å². The minimum atomic E-state index is -0.000812. The van der Waals surface area contributed by atoms with Crippen LogP contribution in [0.4, 0.5) is 0 Å². The van der Waals surface area contributed by atoms with Crippen LogP contribution in [0.2, 0.25) is 0 Å². The van der Waals surface area contributed by atoms with Crippen molar-refractivity contribution in [3.8, 4) is 11.5 Å². The van der Waals surface area contributed by atoms with Gasteiger partial charge in [-0.15, -0.1) is 0 Å². The highest BCUT2D eigenvalue weighted by atomic mass is 16.7. The first-order valence-corrected chi connectivity index (χ1v) is 7.38. The SMILES string of the molecule is COC[C@@H](N[C@@H](C)c1ccc2c(c1)OCO2)c1ccc(C)o1. The average molecular weight is 303 g/mol. The van der Waals surface area contributed by atoms with E-state index in [1.165, 1.54) is 0 Å². The molecule has 0 fully saturated rings. The highest BCUT2D eigenvalue weighted by Gasteiger charge is 2.20. The Balaban J connectivity index is 1.74. The van der Waals surface area contributed by atoms with Crippen molar-refractivity contribution in [3.63, 3.8) is 0 Å². The summed E-state index contributed by atoms with van der Waals surface area (Å²) in [5.41, 5.74) is 1.13. The number of methoxy groups -OCH3 is 1. The van der Waals surface area contributed by atoms with Crippen LogP contribution in [-0.4, -0.2) is 20.5 Å². The highest BCUT2D eigenvalue weighted by molar-refractivity contribution is 5.45. The lowest BCUT2D eigenvalue weighted by molar-refractivity contribution is 0.151. The van der Waals surface area contributed by atoms with Crippen LogP contribution in [0.3, 0.4) is 0 Å². The molecule has 0 saturated heterocycles. The zero-order chi connectivity index (χ0) is 15.5. The molecule has 5 nitrogen and oxygen atoms in total. The van der Waals surface area contributed by atoms with E-state index in [1.807, 2.05) is 37.3 Å². The van der Waals surface area contributed by atoms with Crippen molar-refractivity contribution in [2.75, 3.05) is 20.5 Å². The molecule has 118 valence electrons. The van der Waals surface area contributed by atoms with Crippen LogP contribution in [0.25, 0.3) is 0 Å². The van der Waals surface area contributed by atoms with E-state index in [-0.39, 0.29) is 12.1 Å². The van der Waals surface area contributed by atoms with Gasteiger partial charge < -0.3 is 18.6 Å². The fourth-order valence-electron chi connectivity index (χ4n) is 2.60. The van der Waals surface area contributed by atoms with Gasteiger partial charge in [-0.25, -0.2) is 0 Å². The van der Waals surface area contributed by atoms with E-state index in [9.17, 15) is 0 Å². The summed E-state index contributed by atoms with van der Waals surface area (Å²) in [6, 6.07) is 10.1. The largest absolute Gasteiger partial charge is 0.465 e. The molecule has 2 aromatic rings. The van der Waals surface area contributed by atoms with Crippen LogP contribution in [0.15, 0.2) is 34.7 Å². The fraction of sp³-hybridized carbons (Fsp3) is 0.412. The number of ether oxygens (including phenoxy) is 3. The van der Waals surface area contributed by atoms with Gasteiger partial charge in [-0.3, -0.25) is 5.32 Å². The first kappa shape index (κ1) is 14.9. The third kappa shape index (κ3) is 3.10. The fourth-order valence-corrected chi connectivity index (χ4v) is 2.60. The molecule has 22 heavy (non-hydrogen) atoms. The number of rotatable bonds is 6. The Morgan fingerprint density at radius 2 is 2.00 bits per heavy atom. The normalized spacial score (nSPS) is 15.8. The third-order valence-corrected chi connectivity index (χ3v) is 3.79. The number of hydrogen-bond donors (Lipinski definition) is 1. The molecule has 1 N–H and O–H groups in total. The highest BCUT2D eigenvalue weighted by Crippen LogP contribution is 2.34. The quantitative estimate of drug-likeness (QED) is 0.887. The van der Waals surface area contributed by atoms with E-state index < -0.39 is 0 Å². The van der Waals surface area contributed by atoms with Gasteiger partial charge >= 0.3 is 0 Å². The summed E-state index contributed by atoms with van der Waals surface area (Å²) in [4.78, 5) is 0. The lowest BCUT2D eigenvalue weighted by atomic mass is 10.1. The molecule has 1 aromatic carbocycles. The second kappa shape index (κ2) is 6.42. The van der Waals surface area contributed by atoms with Crippen molar-refractivity contribution < 1.29 is 18.6 Å². The molecule has 1 aliphatic heterocycles. The van der Waals surface area contributed by atoms with Gasteiger partial charge in [0.2, 0.25) is 6.79 Å². The molecule has 0 spiro atoms. The monoisotopic (exact) mass is 303 g/mol. The summed E-state index contributed by atoms with van der Waals surface area (Å²) in [6.45, 7) is 4.88. The van der Waals surface area contributed by atoms with E-state index in [0.29, 0.717) is 13.4 Å². The zero-order valence-electron chi connectivity index (χ0n) is 13.1. The van der Waals surface area contributed by atoms with Crippen molar-refractivity contribution >= 4 is 0 Å². The minimum Gasteiger partial charge on any atom is -0.465 e. The summed E-state index contributed by atoms with van der Waals surface area (Å²) >= 11 is 0. The van der Waals surface area contributed by atoms with E-state index in [4.69, 9.17) is 18.6 Å².